The van der Waals surface area contributed by atoms with E-state index in [0.717, 1.165) is 0 Å². The minimum atomic E-state index is -0.258. The zero-order chi connectivity index (χ0) is 9.97. The van der Waals surface area contributed by atoms with Crippen molar-refractivity contribution >= 4 is 5.69 Å². The van der Waals surface area contributed by atoms with E-state index >= 15 is 0 Å². The van der Waals surface area contributed by atoms with E-state index in [1.807, 2.05) is 0 Å². The van der Waals surface area contributed by atoms with Crippen LogP contribution in [-0.2, 0) is 4.74 Å². The molecule has 1 aliphatic heterocycles. The molecule has 0 radical (unpaired) electrons. The van der Waals surface area contributed by atoms with E-state index in [-0.39, 0.29) is 17.9 Å². The van der Waals surface area contributed by atoms with Crippen LogP contribution in [0.1, 0.15) is 0 Å². The zero-order valence-electron chi connectivity index (χ0n) is 7.74. The fraction of sp³-hybridized carbons (Fsp3) is 0.400. The molecule has 1 aromatic carbocycles. The van der Waals surface area contributed by atoms with Gasteiger partial charge >= 0.3 is 0 Å². The summed E-state index contributed by atoms with van der Waals surface area (Å²) in [5.74, 6) is -0.258. The number of hydrogen-bond donors (Lipinski definition) is 2. The van der Waals surface area contributed by atoms with Gasteiger partial charge in [-0.3, -0.25) is 0 Å². The number of nitrogens with two attached hydrogens (primary N) is 1. The molecule has 1 aromatic rings. The van der Waals surface area contributed by atoms with Gasteiger partial charge in [0.2, 0.25) is 0 Å². The van der Waals surface area contributed by atoms with Crippen molar-refractivity contribution in [1.82, 2.24) is 0 Å². The lowest BCUT2D eigenvalue weighted by molar-refractivity contribution is 0.192. The molecule has 1 saturated heterocycles. The molecule has 0 saturated carbocycles. The lowest BCUT2D eigenvalue weighted by Crippen LogP contribution is -2.38. The molecule has 2 atom stereocenters. The third kappa shape index (κ3) is 1.86. The van der Waals surface area contributed by atoms with Crippen molar-refractivity contribution in [2.24, 2.45) is 5.73 Å². The molecule has 0 aliphatic carbocycles. The summed E-state index contributed by atoms with van der Waals surface area (Å²) in [6.45, 7) is 1.07. The second-order valence-corrected chi connectivity index (χ2v) is 3.43. The molecule has 0 bridgehead atoms. The van der Waals surface area contributed by atoms with E-state index in [0.29, 0.717) is 18.9 Å². The number of anilines is 1. The van der Waals surface area contributed by atoms with Crippen molar-refractivity contribution in [3.8, 4) is 0 Å². The van der Waals surface area contributed by atoms with Crippen molar-refractivity contribution in [3.05, 3.63) is 30.1 Å². The first-order valence-corrected chi connectivity index (χ1v) is 4.62. The maximum Gasteiger partial charge on any atom is 0.146 e. The molecular weight excluding hydrogens is 183 g/mol. The minimum Gasteiger partial charge on any atom is -0.378 e. The van der Waals surface area contributed by atoms with E-state index < -0.39 is 0 Å². The molecule has 0 amide bonds. The third-order valence-electron chi connectivity index (χ3n) is 2.34. The van der Waals surface area contributed by atoms with Gasteiger partial charge < -0.3 is 15.8 Å². The van der Waals surface area contributed by atoms with Gasteiger partial charge in [0.05, 0.1) is 31.0 Å². The number of halogens is 1. The molecule has 76 valence electrons. The number of nitrogens with one attached hydrogen (secondary N) is 1. The van der Waals surface area contributed by atoms with Crippen molar-refractivity contribution in [2.45, 2.75) is 12.1 Å². The van der Waals surface area contributed by atoms with Crippen molar-refractivity contribution in [3.63, 3.8) is 0 Å². The van der Waals surface area contributed by atoms with E-state index in [9.17, 15) is 4.39 Å². The third-order valence-corrected chi connectivity index (χ3v) is 2.34. The average Bonchev–Trinajstić information content (AvgIpc) is 2.56. The highest BCUT2D eigenvalue weighted by molar-refractivity contribution is 5.45. The van der Waals surface area contributed by atoms with Crippen molar-refractivity contribution < 1.29 is 9.13 Å². The van der Waals surface area contributed by atoms with Gasteiger partial charge in [-0.05, 0) is 12.1 Å². The van der Waals surface area contributed by atoms with E-state index in [4.69, 9.17) is 10.5 Å². The second-order valence-electron chi connectivity index (χ2n) is 3.43. The van der Waals surface area contributed by atoms with Gasteiger partial charge in [0.1, 0.15) is 5.82 Å². The Bertz CT molecular complexity index is 319. The Morgan fingerprint density at radius 1 is 1.36 bits per heavy atom. The van der Waals surface area contributed by atoms with Crippen LogP contribution in [0, 0.1) is 5.82 Å². The molecule has 1 heterocycles. The Morgan fingerprint density at radius 2 is 2.14 bits per heavy atom. The van der Waals surface area contributed by atoms with Crippen LogP contribution in [0.2, 0.25) is 0 Å². The maximum atomic E-state index is 13.2. The van der Waals surface area contributed by atoms with Crippen molar-refractivity contribution in [1.29, 1.82) is 0 Å². The van der Waals surface area contributed by atoms with Crippen LogP contribution < -0.4 is 11.1 Å². The van der Waals surface area contributed by atoms with Gasteiger partial charge in [-0.2, -0.15) is 0 Å². The Balaban J connectivity index is 2.07. The monoisotopic (exact) mass is 196 g/mol. The standard InChI is InChI=1S/C10H13FN2O/c11-7-3-1-2-4-9(7)13-10-6-14-5-8(10)12/h1-4,8,10,13H,5-6,12H2/t8-,10-/m1/s1. The Kier molecular flexibility index (Phi) is 2.65. The molecule has 3 nitrogen and oxygen atoms in total. The summed E-state index contributed by atoms with van der Waals surface area (Å²) in [6.07, 6.45) is 0. The first-order chi connectivity index (χ1) is 6.77. The summed E-state index contributed by atoms with van der Waals surface area (Å²) in [5.41, 5.74) is 6.25. The van der Waals surface area contributed by atoms with Gasteiger partial charge in [-0.1, -0.05) is 12.1 Å². The fourth-order valence-electron chi connectivity index (χ4n) is 1.50. The predicted molar refractivity (Wildman–Crippen MR) is 52.6 cm³/mol. The number of benzene rings is 1. The largest absolute Gasteiger partial charge is 0.378 e. The highest BCUT2D eigenvalue weighted by Crippen LogP contribution is 2.16. The lowest BCUT2D eigenvalue weighted by atomic mass is 10.1. The van der Waals surface area contributed by atoms with Gasteiger partial charge in [-0.15, -0.1) is 0 Å². The van der Waals surface area contributed by atoms with Crippen molar-refractivity contribution in [2.75, 3.05) is 18.5 Å². The Morgan fingerprint density at radius 3 is 2.79 bits per heavy atom. The number of para-hydroxylation sites is 1. The van der Waals surface area contributed by atoms with Gasteiger partial charge in [0, 0.05) is 0 Å². The van der Waals surface area contributed by atoms with E-state index in [1.165, 1.54) is 6.07 Å². The van der Waals surface area contributed by atoms with Crippen LogP contribution in [0.5, 0.6) is 0 Å². The normalized spacial score (nSPS) is 26.4. The number of ether oxygens (including phenoxy) is 1. The summed E-state index contributed by atoms with van der Waals surface area (Å²) in [7, 11) is 0. The van der Waals surface area contributed by atoms with Gasteiger partial charge in [0.15, 0.2) is 0 Å². The molecule has 2 rings (SSSR count). The molecule has 0 aromatic heterocycles. The summed E-state index contributed by atoms with van der Waals surface area (Å²) in [5, 5.41) is 3.03. The fourth-order valence-corrected chi connectivity index (χ4v) is 1.50. The molecule has 1 fully saturated rings. The molecule has 14 heavy (non-hydrogen) atoms. The summed E-state index contributed by atoms with van der Waals surface area (Å²) in [6, 6.07) is 6.50. The quantitative estimate of drug-likeness (QED) is 0.740. The summed E-state index contributed by atoms with van der Waals surface area (Å²) >= 11 is 0. The van der Waals surface area contributed by atoms with Gasteiger partial charge in [-0.25, -0.2) is 4.39 Å². The van der Waals surface area contributed by atoms with E-state index in [2.05, 4.69) is 5.32 Å². The van der Waals surface area contributed by atoms with Crippen LogP contribution in [0.15, 0.2) is 24.3 Å². The van der Waals surface area contributed by atoms with Crippen LogP contribution in [0.25, 0.3) is 0 Å². The summed E-state index contributed by atoms with van der Waals surface area (Å²) in [4.78, 5) is 0. The molecule has 4 heteroatoms. The second kappa shape index (κ2) is 3.94. The lowest BCUT2D eigenvalue weighted by Gasteiger charge is -2.16. The first-order valence-electron chi connectivity index (χ1n) is 4.62. The Labute approximate surface area is 82.1 Å². The molecule has 3 N–H and O–H groups in total. The molecule has 0 spiro atoms. The van der Waals surface area contributed by atoms with Gasteiger partial charge in [0.25, 0.3) is 0 Å². The first kappa shape index (κ1) is 9.43. The molecule has 1 aliphatic rings. The number of rotatable bonds is 2. The highest BCUT2D eigenvalue weighted by Gasteiger charge is 2.24. The maximum absolute atomic E-state index is 13.2. The topological polar surface area (TPSA) is 47.3 Å². The smallest absolute Gasteiger partial charge is 0.146 e. The predicted octanol–water partition coefficient (Wildman–Crippen LogP) is 0.964. The SMILES string of the molecule is N[C@@H]1COC[C@H]1Nc1ccccc1F. The van der Waals surface area contributed by atoms with Crippen LogP contribution in [-0.4, -0.2) is 25.3 Å². The minimum absolute atomic E-state index is 0.00639. The highest BCUT2D eigenvalue weighted by atomic mass is 19.1. The Hall–Kier alpha value is -1.13. The van der Waals surface area contributed by atoms with Crippen LogP contribution in [0.4, 0.5) is 10.1 Å². The molecular formula is C10H13FN2O. The van der Waals surface area contributed by atoms with Crippen LogP contribution in [0.3, 0.4) is 0 Å². The summed E-state index contributed by atoms with van der Waals surface area (Å²) < 4.78 is 18.4. The van der Waals surface area contributed by atoms with Crippen LogP contribution >= 0.6 is 0 Å². The average molecular weight is 196 g/mol. The zero-order valence-corrected chi connectivity index (χ0v) is 7.74. The molecule has 0 unspecified atom stereocenters. The van der Waals surface area contributed by atoms with E-state index in [1.54, 1.807) is 18.2 Å². The number of hydrogen-bond acceptors (Lipinski definition) is 3.